The van der Waals surface area contributed by atoms with Crippen molar-refractivity contribution in [3.63, 3.8) is 0 Å². The van der Waals surface area contributed by atoms with Gasteiger partial charge in [0, 0.05) is 36.7 Å². The maximum atomic E-state index is 13.2. The molecule has 0 fully saturated rings. The Hall–Kier alpha value is -3.67. The van der Waals surface area contributed by atoms with E-state index in [1.54, 1.807) is 37.6 Å². The summed E-state index contributed by atoms with van der Waals surface area (Å²) < 4.78 is 11.3. The number of methoxy groups -OCH3 is 1. The molecule has 170 valence electrons. The van der Waals surface area contributed by atoms with Crippen LogP contribution in [0.2, 0.25) is 0 Å². The van der Waals surface area contributed by atoms with Crippen LogP contribution < -0.4 is 9.47 Å². The lowest BCUT2D eigenvalue weighted by atomic mass is 9.79. The van der Waals surface area contributed by atoms with Crippen molar-refractivity contribution in [2.24, 2.45) is 5.41 Å². The average Bonchev–Trinajstić information content (AvgIpc) is 3.18. The highest BCUT2D eigenvalue weighted by atomic mass is 16.5. The highest BCUT2D eigenvalue weighted by Gasteiger charge is 2.46. The van der Waals surface area contributed by atoms with Crippen molar-refractivity contribution in [2.75, 3.05) is 13.7 Å². The van der Waals surface area contributed by atoms with Gasteiger partial charge in [0.15, 0.2) is 17.3 Å². The molecule has 0 amide bonds. The SMILES string of the molecule is COc1ccc(C(=O)CC2(C(=O)O)Cc3cccnc3C2)cc1OCCc1cccc(C)c1. The predicted molar refractivity (Wildman–Crippen MR) is 124 cm³/mol. The van der Waals surface area contributed by atoms with Gasteiger partial charge in [-0.15, -0.1) is 0 Å². The van der Waals surface area contributed by atoms with E-state index in [2.05, 4.69) is 11.1 Å². The fourth-order valence-electron chi connectivity index (χ4n) is 4.41. The minimum atomic E-state index is -1.18. The van der Waals surface area contributed by atoms with Crippen molar-refractivity contribution in [3.8, 4) is 11.5 Å². The van der Waals surface area contributed by atoms with E-state index in [4.69, 9.17) is 9.47 Å². The van der Waals surface area contributed by atoms with E-state index in [0.717, 1.165) is 17.7 Å². The summed E-state index contributed by atoms with van der Waals surface area (Å²) in [6, 6.07) is 16.9. The minimum Gasteiger partial charge on any atom is -0.493 e. The van der Waals surface area contributed by atoms with Gasteiger partial charge in [0.2, 0.25) is 0 Å². The van der Waals surface area contributed by atoms with E-state index in [1.807, 2.05) is 31.2 Å². The Morgan fingerprint density at radius 1 is 1.06 bits per heavy atom. The van der Waals surface area contributed by atoms with Gasteiger partial charge in [-0.05, 0) is 48.7 Å². The second-order valence-corrected chi connectivity index (χ2v) is 8.60. The summed E-state index contributed by atoms with van der Waals surface area (Å²) in [4.78, 5) is 29.7. The Bertz CT molecular complexity index is 1160. The molecule has 3 aromatic rings. The molecule has 4 rings (SSSR count). The third-order valence-corrected chi connectivity index (χ3v) is 6.19. The zero-order valence-electron chi connectivity index (χ0n) is 18.8. The Labute approximate surface area is 193 Å². The number of Topliss-reactive ketones (excluding diaryl/α,β-unsaturated/α-hetero) is 1. The van der Waals surface area contributed by atoms with E-state index >= 15 is 0 Å². The van der Waals surface area contributed by atoms with Crippen molar-refractivity contribution < 1.29 is 24.2 Å². The summed E-state index contributed by atoms with van der Waals surface area (Å²) in [7, 11) is 1.55. The molecule has 6 nitrogen and oxygen atoms in total. The van der Waals surface area contributed by atoms with Crippen LogP contribution >= 0.6 is 0 Å². The lowest BCUT2D eigenvalue weighted by Gasteiger charge is -2.23. The molecule has 0 spiro atoms. The van der Waals surface area contributed by atoms with Gasteiger partial charge in [0.05, 0.1) is 19.1 Å². The summed E-state index contributed by atoms with van der Waals surface area (Å²) in [5.74, 6) is -0.216. The summed E-state index contributed by atoms with van der Waals surface area (Å²) in [6.07, 6.45) is 2.82. The Balaban J connectivity index is 1.49. The maximum Gasteiger partial charge on any atom is 0.310 e. The normalized spacial score (nSPS) is 16.8. The molecule has 1 aliphatic carbocycles. The van der Waals surface area contributed by atoms with Gasteiger partial charge in [0.1, 0.15) is 0 Å². The Morgan fingerprint density at radius 2 is 1.91 bits per heavy atom. The predicted octanol–water partition coefficient (Wildman–Crippen LogP) is 4.46. The van der Waals surface area contributed by atoms with Crippen LogP contribution in [0.3, 0.4) is 0 Å². The highest BCUT2D eigenvalue weighted by molar-refractivity contribution is 5.99. The molecule has 1 N–H and O–H groups in total. The molecule has 1 aliphatic rings. The zero-order chi connectivity index (χ0) is 23.4. The first-order chi connectivity index (χ1) is 15.9. The lowest BCUT2D eigenvalue weighted by molar-refractivity contribution is -0.148. The van der Waals surface area contributed by atoms with Crippen molar-refractivity contribution in [1.82, 2.24) is 4.98 Å². The van der Waals surface area contributed by atoms with E-state index < -0.39 is 11.4 Å². The number of aromatic nitrogens is 1. The summed E-state index contributed by atoms with van der Waals surface area (Å²) in [5.41, 5.74) is 3.23. The minimum absolute atomic E-state index is 0.103. The molecule has 1 heterocycles. The number of rotatable bonds is 9. The number of ether oxygens (including phenoxy) is 2. The number of aliphatic carboxylic acids is 1. The largest absolute Gasteiger partial charge is 0.493 e. The number of carboxylic acids is 1. The number of hydrogen-bond acceptors (Lipinski definition) is 5. The van der Waals surface area contributed by atoms with Gasteiger partial charge in [-0.1, -0.05) is 35.9 Å². The van der Waals surface area contributed by atoms with Gasteiger partial charge < -0.3 is 14.6 Å². The molecule has 0 saturated heterocycles. The second kappa shape index (κ2) is 9.45. The van der Waals surface area contributed by atoms with Crippen LogP contribution in [-0.2, 0) is 24.1 Å². The van der Waals surface area contributed by atoms with E-state index in [-0.39, 0.29) is 18.6 Å². The zero-order valence-corrected chi connectivity index (χ0v) is 18.8. The molecule has 0 saturated carbocycles. The van der Waals surface area contributed by atoms with Gasteiger partial charge in [-0.25, -0.2) is 0 Å². The smallest absolute Gasteiger partial charge is 0.310 e. The molecule has 0 aliphatic heterocycles. The van der Waals surface area contributed by atoms with Crippen molar-refractivity contribution in [3.05, 3.63) is 88.7 Å². The first-order valence-electron chi connectivity index (χ1n) is 11.0. The topological polar surface area (TPSA) is 85.7 Å². The highest BCUT2D eigenvalue weighted by Crippen LogP contribution is 2.40. The van der Waals surface area contributed by atoms with E-state index in [9.17, 15) is 14.7 Å². The van der Waals surface area contributed by atoms with Crippen LogP contribution in [0.5, 0.6) is 11.5 Å². The molecule has 0 bridgehead atoms. The molecule has 1 unspecified atom stereocenters. The van der Waals surface area contributed by atoms with Gasteiger partial charge in [-0.2, -0.15) is 0 Å². The molecule has 0 radical (unpaired) electrons. The fraction of sp³-hybridized carbons (Fsp3) is 0.296. The van der Waals surface area contributed by atoms with Crippen LogP contribution in [0.25, 0.3) is 0 Å². The van der Waals surface area contributed by atoms with E-state index in [0.29, 0.717) is 30.1 Å². The molecule has 33 heavy (non-hydrogen) atoms. The van der Waals surface area contributed by atoms with Crippen LogP contribution in [-0.4, -0.2) is 35.6 Å². The average molecular weight is 446 g/mol. The maximum absolute atomic E-state index is 13.2. The number of hydrogen-bond donors (Lipinski definition) is 1. The van der Waals surface area contributed by atoms with Crippen LogP contribution in [0, 0.1) is 12.3 Å². The number of carboxylic acid groups (broad SMARTS) is 1. The molecule has 1 atom stereocenters. The summed E-state index contributed by atoms with van der Waals surface area (Å²) in [5, 5.41) is 9.99. The lowest BCUT2D eigenvalue weighted by Crippen LogP contribution is -2.34. The number of fused-ring (bicyclic) bond motifs is 1. The van der Waals surface area contributed by atoms with E-state index in [1.165, 1.54) is 11.1 Å². The Morgan fingerprint density at radius 3 is 2.64 bits per heavy atom. The Kier molecular flexibility index (Phi) is 6.45. The molecular weight excluding hydrogens is 418 g/mol. The second-order valence-electron chi connectivity index (χ2n) is 8.60. The quantitative estimate of drug-likeness (QED) is 0.490. The molecule has 2 aromatic carbocycles. The number of pyridine rings is 1. The van der Waals surface area contributed by atoms with Crippen LogP contribution in [0.4, 0.5) is 0 Å². The first-order valence-corrected chi connectivity index (χ1v) is 11.0. The number of carbonyl (C=O) groups is 2. The number of nitrogens with zero attached hydrogens (tertiary/aromatic N) is 1. The van der Waals surface area contributed by atoms with Crippen molar-refractivity contribution >= 4 is 11.8 Å². The molecule has 1 aromatic heterocycles. The van der Waals surface area contributed by atoms with Crippen molar-refractivity contribution in [2.45, 2.75) is 32.6 Å². The van der Waals surface area contributed by atoms with Crippen molar-refractivity contribution in [1.29, 1.82) is 0 Å². The van der Waals surface area contributed by atoms with Crippen LogP contribution in [0.15, 0.2) is 60.8 Å². The van der Waals surface area contributed by atoms with Gasteiger partial charge in [-0.3, -0.25) is 14.6 Å². The third-order valence-electron chi connectivity index (χ3n) is 6.19. The van der Waals surface area contributed by atoms with Crippen LogP contribution in [0.1, 0.15) is 39.2 Å². The first kappa shape index (κ1) is 22.5. The van der Waals surface area contributed by atoms with Gasteiger partial charge in [0.25, 0.3) is 0 Å². The monoisotopic (exact) mass is 445 g/mol. The molecule has 6 heteroatoms. The standard InChI is InChI=1S/C27H27NO5/c1-18-5-3-6-19(13-18)10-12-33-25-14-20(8-9-24(25)32-2)23(29)17-27(26(30)31)15-21-7-4-11-28-22(21)16-27/h3-9,11,13-14H,10,12,15-17H2,1-2H3,(H,30,31). The fourth-order valence-corrected chi connectivity index (χ4v) is 4.41. The number of carbonyl (C=O) groups excluding carboxylic acids is 1. The molecular formula is C27H27NO5. The number of aryl methyl sites for hydroxylation is 1. The number of benzene rings is 2. The summed E-state index contributed by atoms with van der Waals surface area (Å²) >= 11 is 0. The number of ketones is 1. The van der Waals surface area contributed by atoms with Gasteiger partial charge >= 0.3 is 5.97 Å². The third kappa shape index (κ3) is 4.90. The summed E-state index contributed by atoms with van der Waals surface area (Å²) in [6.45, 7) is 2.47.